The van der Waals surface area contributed by atoms with Crippen molar-refractivity contribution in [2.45, 2.75) is 51.0 Å². The van der Waals surface area contributed by atoms with E-state index in [1.165, 1.54) is 51.3 Å². The molecule has 2 aromatic rings. The monoisotopic (exact) mass is 346 g/mol. The zero-order valence-corrected chi connectivity index (χ0v) is 14.6. The molecule has 136 valence electrons. The molecule has 1 aliphatic carbocycles. The number of fused-ring (bicyclic) bond motifs is 1. The molecule has 0 spiro atoms. The van der Waals surface area contributed by atoms with Crippen LogP contribution in [0.3, 0.4) is 0 Å². The summed E-state index contributed by atoms with van der Waals surface area (Å²) < 4.78 is 20.0. The van der Waals surface area contributed by atoms with Crippen molar-refractivity contribution in [1.82, 2.24) is 15.1 Å². The average Bonchev–Trinajstić information content (AvgIpc) is 3.02. The Balaban J connectivity index is 1.30. The van der Waals surface area contributed by atoms with Gasteiger partial charge in [-0.15, -0.1) is 0 Å². The van der Waals surface area contributed by atoms with Crippen LogP contribution in [0, 0.1) is 11.7 Å². The Hall–Kier alpha value is -1.82. The summed E-state index contributed by atoms with van der Waals surface area (Å²) in [6.07, 6.45) is 9.25. The second-order valence-corrected chi connectivity index (χ2v) is 7.52. The smallest absolute Gasteiger partial charge is 0.156 e. The maximum atomic E-state index is 14.1. The van der Waals surface area contributed by atoms with Crippen LogP contribution in [0.15, 0.2) is 12.1 Å². The van der Waals surface area contributed by atoms with Crippen molar-refractivity contribution in [2.75, 3.05) is 25.4 Å². The van der Waals surface area contributed by atoms with Crippen LogP contribution in [-0.4, -0.2) is 40.8 Å². The van der Waals surface area contributed by atoms with Gasteiger partial charge < -0.3 is 15.4 Å². The fourth-order valence-electron chi connectivity index (χ4n) is 4.34. The van der Waals surface area contributed by atoms with Crippen LogP contribution >= 0.6 is 0 Å². The number of hydrogen-bond donors (Lipinski definition) is 2. The van der Waals surface area contributed by atoms with Gasteiger partial charge in [0.25, 0.3) is 0 Å². The van der Waals surface area contributed by atoms with Crippen LogP contribution in [0.5, 0.6) is 5.75 Å². The molecule has 3 N–H and O–H groups in total. The van der Waals surface area contributed by atoms with E-state index in [0.29, 0.717) is 29.2 Å². The molecule has 5 nitrogen and oxygen atoms in total. The highest BCUT2D eigenvalue weighted by Gasteiger charge is 2.26. The van der Waals surface area contributed by atoms with Crippen LogP contribution in [-0.2, 0) is 0 Å². The highest BCUT2D eigenvalue weighted by atomic mass is 19.1. The first-order valence-electron chi connectivity index (χ1n) is 9.50. The number of rotatable bonds is 4. The largest absolute Gasteiger partial charge is 0.493 e. The van der Waals surface area contributed by atoms with Crippen molar-refractivity contribution in [3.63, 3.8) is 0 Å². The standard InChI is InChI=1S/C19H27FN4O/c20-16-10-15(11-17-18(16)19(21)23-22-17)25-12-13-6-8-24(9-7-13)14-4-2-1-3-5-14/h10-11,13-14H,1-9,12H2,(H3,21,22,23). The summed E-state index contributed by atoms with van der Waals surface area (Å²) in [5.74, 6) is 0.897. The normalized spacial score (nSPS) is 21.0. The molecule has 1 aromatic heterocycles. The van der Waals surface area contributed by atoms with E-state index in [0.717, 1.165) is 18.9 Å². The molecule has 0 amide bonds. The van der Waals surface area contributed by atoms with Crippen LogP contribution in [0.25, 0.3) is 10.9 Å². The molecule has 25 heavy (non-hydrogen) atoms. The summed E-state index contributed by atoms with van der Waals surface area (Å²) in [6, 6.07) is 3.99. The Bertz CT molecular complexity index is 718. The number of nitrogens with one attached hydrogen (secondary N) is 1. The quantitative estimate of drug-likeness (QED) is 0.886. The molecule has 2 fully saturated rings. The number of nitrogen functional groups attached to an aromatic ring is 1. The number of aromatic amines is 1. The summed E-state index contributed by atoms with van der Waals surface area (Å²) in [4.78, 5) is 2.68. The van der Waals surface area contributed by atoms with Gasteiger partial charge in [-0.05, 0) is 44.7 Å². The van der Waals surface area contributed by atoms with Gasteiger partial charge in [-0.1, -0.05) is 19.3 Å². The molecule has 0 bridgehead atoms. The second kappa shape index (κ2) is 7.20. The molecular formula is C19H27FN4O. The van der Waals surface area contributed by atoms with Crippen molar-refractivity contribution in [3.8, 4) is 5.75 Å². The lowest BCUT2D eigenvalue weighted by atomic mass is 9.90. The highest BCUT2D eigenvalue weighted by molar-refractivity contribution is 5.90. The molecule has 0 radical (unpaired) electrons. The van der Waals surface area contributed by atoms with Crippen molar-refractivity contribution in [1.29, 1.82) is 0 Å². The first-order valence-corrected chi connectivity index (χ1v) is 9.50. The summed E-state index contributed by atoms with van der Waals surface area (Å²) >= 11 is 0. The van der Waals surface area contributed by atoms with Gasteiger partial charge in [-0.2, -0.15) is 5.10 Å². The van der Waals surface area contributed by atoms with Crippen molar-refractivity contribution in [3.05, 3.63) is 17.9 Å². The third-order valence-corrected chi connectivity index (χ3v) is 5.84. The number of anilines is 1. The predicted molar refractivity (Wildman–Crippen MR) is 97.1 cm³/mol. The van der Waals surface area contributed by atoms with Gasteiger partial charge in [-0.25, -0.2) is 4.39 Å². The number of hydrogen-bond acceptors (Lipinski definition) is 4. The second-order valence-electron chi connectivity index (χ2n) is 7.52. The maximum absolute atomic E-state index is 14.1. The molecular weight excluding hydrogens is 319 g/mol. The fourth-order valence-corrected chi connectivity index (χ4v) is 4.34. The maximum Gasteiger partial charge on any atom is 0.156 e. The zero-order chi connectivity index (χ0) is 17.2. The van der Waals surface area contributed by atoms with E-state index in [4.69, 9.17) is 10.5 Å². The van der Waals surface area contributed by atoms with Crippen LogP contribution in [0.4, 0.5) is 10.2 Å². The number of nitrogens with two attached hydrogens (primary N) is 1. The number of ether oxygens (including phenoxy) is 1. The van der Waals surface area contributed by atoms with Crippen LogP contribution < -0.4 is 10.5 Å². The third-order valence-electron chi connectivity index (χ3n) is 5.84. The minimum atomic E-state index is -0.383. The molecule has 0 atom stereocenters. The van der Waals surface area contributed by atoms with Gasteiger partial charge in [0.05, 0.1) is 17.5 Å². The lowest BCUT2D eigenvalue weighted by Crippen LogP contribution is -2.43. The number of H-pyrrole nitrogens is 1. The van der Waals surface area contributed by atoms with E-state index in [-0.39, 0.29) is 11.6 Å². The highest BCUT2D eigenvalue weighted by Crippen LogP contribution is 2.29. The minimum absolute atomic E-state index is 0.189. The van der Waals surface area contributed by atoms with Crippen molar-refractivity contribution in [2.24, 2.45) is 5.92 Å². The Morgan fingerprint density at radius 3 is 2.68 bits per heavy atom. The summed E-state index contributed by atoms with van der Waals surface area (Å²) in [5, 5.41) is 6.94. The number of nitrogens with zero attached hydrogens (tertiary/aromatic N) is 2. The molecule has 2 aliphatic rings. The zero-order valence-electron chi connectivity index (χ0n) is 14.6. The van der Waals surface area contributed by atoms with Gasteiger partial charge in [0.15, 0.2) is 5.82 Å². The Morgan fingerprint density at radius 1 is 1.16 bits per heavy atom. The van der Waals surface area contributed by atoms with Crippen LogP contribution in [0.1, 0.15) is 44.9 Å². The Morgan fingerprint density at radius 2 is 1.92 bits per heavy atom. The molecule has 1 aromatic carbocycles. The third kappa shape index (κ3) is 3.59. The van der Waals surface area contributed by atoms with Gasteiger partial charge in [0.1, 0.15) is 11.6 Å². The molecule has 6 heteroatoms. The lowest BCUT2D eigenvalue weighted by molar-refractivity contribution is 0.0887. The van der Waals surface area contributed by atoms with E-state index in [2.05, 4.69) is 15.1 Å². The van der Waals surface area contributed by atoms with Crippen LogP contribution in [0.2, 0.25) is 0 Å². The molecule has 1 saturated heterocycles. The fraction of sp³-hybridized carbons (Fsp3) is 0.632. The van der Waals surface area contributed by atoms with Crippen molar-refractivity contribution < 1.29 is 9.13 Å². The first-order chi connectivity index (χ1) is 12.2. The molecule has 1 saturated carbocycles. The minimum Gasteiger partial charge on any atom is -0.493 e. The number of halogens is 1. The lowest BCUT2D eigenvalue weighted by Gasteiger charge is -2.39. The number of aromatic nitrogens is 2. The van der Waals surface area contributed by atoms with E-state index >= 15 is 0 Å². The predicted octanol–water partition coefficient (Wildman–Crippen LogP) is 3.71. The number of likely N-dealkylation sites (tertiary alicyclic amines) is 1. The Labute approximate surface area is 147 Å². The molecule has 1 aliphatic heterocycles. The Kier molecular flexibility index (Phi) is 4.79. The van der Waals surface area contributed by atoms with E-state index in [1.807, 2.05) is 0 Å². The van der Waals surface area contributed by atoms with Gasteiger partial charge >= 0.3 is 0 Å². The number of piperidine rings is 1. The summed E-state index contributed by atoms with van der Waals surface area (Å²) in [6.45, 7) is 2.99. The summed E-state index contributed by atoms with van der Waals surface area (Å²) in [7, 11) is 0. The van der Waals surface area contributed by atoms with E-state index in [9.17, 15) is 4.39 Å². The summed E-state index contributed by atoms with van der Waals surface area (Å²) in [5.41, 5.74) is 6.25. The van der Waals surface area contributed by atoms with Gasteiger partial charge in [0, 0.05) is 18.2 Å². The van der Waals surface area contributed by atoms with Gasteiger partial charge in [0.2, 0.25) is 0 Å². The molecule has 2 heterocycles. The molecule has 4 rings (SSSR count). The van der Waals surface area contributed by atoms with E-state index in [1.54, 1.807) is 6.07 Å². The van der Waals surface area contributed by atoms with E-state index < -0.39 is 0 Å². The number of benzene rings is 1. The molecule has 0 unspecified atom stereocenters. The average molecular weight is 346 g/mol. The topological polar surface area (TPSA) is 67.2 Å². The first kappa shape index (κ1) is 16.6. The van der Waals surface area contributed by atoms with Gasteiger partial charge in [-0.3, -0.25) is 5.10 Å². The van der Waals surface area contributed by atoms with Crippen molar-refractivity contribution >= 4 is 16.7 Å². The SMILES string of the molecule is Nc1n[nH]c2cc(OCC3CCN(C4CCCCC4)CC3)cc(F)c12.